The van der Waals surface area contributed by atoms with Crippen molar-refractivity contribution in [1.29, 1.82) is 0 Å². The lowest BCUT2D eigenvalue weighted by molar-refractivity contribution is -0.128. The highest BCUT2D eigenvalue weighted by Gasteiger charge is 2.23. The summed E-state index contributed by atoms with van der Waals surface area (Å²) in [5, 5.41) is 5.02. The van der Waals surface area contributed by atoms with Crippen molar-refractivity contribution in [2.45, 2.75) is 45.3 Å². The van der Waals surface area contributed by atoms with Crippen LogP contribution >= 0.6 is 11.6 Å². The molecule has 0 aliphatic heterocycles. The molecule has 1 unspecified atom stereocenters. The molecule has 0 saturated carbocycles. The van der Waals surface area contributed by atoms with Crippen molar-refractivity contribution in [1.82, 2.24) is 14.7 Å². The van der Waals surface area contributed by atoms with Gasteiger partial charge in [0.15, 0.2) is 0 Å². The third-order valence-electron chi connectivity index (χ3n) is 3.52. The molecular formula is C15H20ClN3O. The van der Waals surface area contributed by atoms with Crippen molar-refractivity contribution < 1.29 is 4.79 Å². The Morgan fingerprint density at radius 3 is 3.05 bits per heavy atom. The number of hydrogen-bond acceptors (Lipinski definition) is 2. The average molecular weight is 294 g/mol. The number of rotatable bonds is 5. The van der Waals surface area contributed by atoms with Crippen LogP contribution in [0.15, 0.2) is 31.0 Å². The van der Waals surface area contributed by atoms with Crippen molar-refractivity contribution in [2.75, 3.05) is 0 Å². The summed E-state index contributed by atoms with van der Waals surface area (Å²) in [6, 6.07) is 0.108. The number of aromatic nitrogens is 2. The molecule has 1 aromatic rings. The van der Waals surface area contributed by atoms with Gasteiger partial charge in [-0.15, -0.1) is 0 Å². The van der Waals surface area contributed by atoms with E-state index in [1.807, 2.05) is 6.92 Å². The Bertz CT molecular complexity index is 521. The van der Waals surface area contributed by atoms with Gasteiger partial charge in [-0.1, -0.05) is 30.3 Å². The van der Waals surface area contributed by atoms with Crippen LogP contribution in [-0.4, -0.2) is 26.6 Å². The Balaban J connectivity index is 2.20. The summed E-state index contributed by atoms with van der Waals surface area (Å²) in [6.45, 7) is 6.78. The topological polar surface area (TPSA) is 38.1 Å². The summed E-state index contributed by atoms with van der Waals surface area (Å²) in [6.07, 6.45) is 10.5. The zero-order valence-corrected chi connectivity index (χ0v) is 12.5. The van der Waals surface area contributed by atoms with E-state index >= 15 is 0 Å². The van der Waals surface area contributed by atoms with Crippen molar-refractivity contribution in [2.24, 2.45) is 0 Å². The standard InChI is InChI=1S/C15H20ClN3O/c1-3-15(20)19(12-8-6-5-7-9-12)11-14-13(16)10-18(4-2)17-14/h3,6,8,10,12H,1,4-5,7,9,11H2,2H3. The van der Waals surface area contributed by atoms with Crippen LogP contribution in [0, 0.1) is 0 Å². The van der Waals surface area contributed by atoms with Crippen LogP contribution in [0.2, 0.25) is 5.02 Å². The lowest BCUT2D eigenvalue weighted by Gasteiger charge is -2.30. The van der Waals surface area contributed by atoms with E-state index in [-0.39, 0.29) is 11.9 Å². The monoisotopic (exact) mass is 293 g/mol. The number of halogens is 1. The maximum atomic E-state index is 12.1. The fourth-order valence-electron chi connectivity index (χ4n) is 2.40. The molecule has 1 atom stereocenters. The van der Waals surface area contributed by atoms with E-state index in [0.29, 0.717) is 11.6 Å². The second-order valence-electron chi connectivity index (χ2n) is 4.88. The Morgan fingerprint density at radius 1 is 1.70 bits per heavy atom. The van der Waals surface area contributed by atoms with E-state index in [2.05, 4.69) is 23.8 Å². The molecule has 1 aliphatic rings. The van der Waals surface area contributed by atoms with Crippen LogP contribution in [-0.2, 0) is 17.9 Å². The summed E-state index contributed by atoms with van der Waals surface area (Å²) >= 11 is 6.19. The van der Waals surface area contributed by atoms with E-state index < -0.39 is 0 Å². The van der Waals surface area contributed by atoms with Gasteiger partial charge in [0, 0.05) is 12.7 Å². The minimum Gasteiger partial charge on any atom is -0.327 e. The van der Waals surface area contributed by atoms with Gasteiger partial charge in [-0.2, -0.15) is 5.10 Å². The quantitative estimate of drug-likeness (QED) is 0.618. The minimum absolute atomic E-state index is 0.0799. The van der Waals surface area contributed by atoms with Gasteiger partial charge in [0.25, 0.3) is 0 Å². The van der Waals surface area contributed by atoms with Crippen molar-refractivity contribution in [3.8, 4) is 0 Å². The van der Waals surface area contributed by atoms with Crippen LogP contribution in [0.1, 0.15) is 31.9 Å². The lowest BCUT2D eigenvalue weighted by Crippen LogP contribution is -2.38. The summed E-state index contributed by atoms with van der Waals surface area (Å²) in [5.41, 5.74) is 0.739. The average Bonchev–Trinajstić information content (AvgIpc) is 2.85. The van der Waals surface area contributed by atoms with Gasteiger partial charge in [0.1, 0.15) is 5.69 Å². The van der Waals surface area contributed by atoms with Gasteiger partial charge >= 0.3 is 0 Å². The molecule has 1 heterocycles. The molecule has 0 radical (unpaired) electrons. The summed E-state index contributed by atoms with van der Waals surface area (Å²) in [5.74, 6) is -0.0799. The zero-order chi connectivity index (χ0) is 14.5. The summed E-state index contributed by atoms with van der Waals surface area (Å²) in [7, 11) is 0. The predicted octanol–water partition coefficient (Wildman–Crippen LogP) is 3.18. The number of carbonyl (C=O) groups excluding carboxylic acids is 1. The van der Waals surface area contributed by atoms with Gasteiger partial charge < -0.3 is 4.90 Å². The smallest absolute Gasteiger partial charge is 0.246 e. The third-order valence-corrected chi connectivity index (χ3v) is 3.83. The Kier molecular flexibility index (Phi) is 5.01. The molecule has 1 aliphatic carbocycles. The molecule has 0 bridgehead atoms. The highest BCUT2D eigenvalue weighted by Crippen LogP contribution is 2.22. The van der Waals surface area contributed by atoms with E-state index in [1.165, 1.54) is 6.08 Å². The maximum Gasteiger partial charge on any atom is 0.246 e. The van der Waals surface area contributed by atoms with Crippen molar-refractivity contribution >= 4 is 17.5 Å². The van der Waals surface area contributed by atoms with Gasteiger partial charge in [0.05, 0.1) is 17.6 Å². The molecule has 1 amide bonds. The first-order valence-electron chi connectivity index (χ1n) is 6.97. The first-order chi connectivity index (χ1) is 9.65. The van der Waals surface area contributed by atoms with E-state index in [0.717, 1.165) is 31.5 Å². The maximum absolute atomic E-state index is 12.1. The Morgan fingerprint density at radius 2 is 2.50 bits per heavy atom. The first-order valence-corrected chi connectivity index (χ1v) is 7.35. The van der Waals surface area contributed by atoms with Crippen LogP contribution in [0.4, 0.5) is 0 Å². The van der Waals surface area contributed by atoms with Crippen LogP contribution in [0.3, 0.4) is 0 Å². The molecular weight excluding hydrogens is 274 g/mol. The normalized spacial score (nSPS) is 18.0. The molecule has 0 spiro atoms. The van der Waals surface area contributed by atoms with Crippen molar-refractivity contribution in [3.63, 3.8) is 0 Å². The number of allylic oxidation sites excluding steroid dienone is 1. The van der Waals surface area contributed by atoms with Crippen molar-refractivity contribution in [3.05, 3.63) is 41.7 Å². The largest absolute Gasteiger partial charge is 0.327 e. The second-order valence-corrected chi connectivity index (χ2v) is 5.28. The molecule has 4 nitrogen and oxygen atoms in total. The lowest BCUT2D eigenvalue weighted by atomic mass is 10.0. The fraction of sp³-hybridized carbons (Fsp3) is 0.467. The summed E-state index contributed by atoms with van der Waals surface area (Å²) < 4.78 is 1.78. The second kappa shape index (κ2) is 6.75. The van der Waals surface area contributed by atoms with Gasteiger partial charge in [0.2, 0.25) is 5.91 Å². The van der Waals surface area contributed by atoms with E-state index in [4.69, 9.17) is 11.6 Å². The number of carbonyl (C=O) groups is 1. The molecule has 5 heteroatoms. The minimum atomic E-state index is -0.0799. The first kappa shape index (κ1) is 14.9. The highest BCUT2D eigenvalue weighted by atomic mass is 35.5. The number of aryl methyl sites for hydroxylation is 1. The number of hydrogen-bond donors (Lipinski definition) is 0. The van der Waals surface area contributed by atoms with E-state index in [9.17, 15) is 4.79 Å². The Hall–Kier alpha value is -1.55. The molecule has 108 valence electrons. The SMILES string of the molecule is C=CC(=O)N(Cc1nn(CC)cc1Cl)C1C=CCCC1. The zero-order valence-electron chi connectivity index (χ0n) is 11.8. The summed E-state index contributed by atoms with van der Waals surface area (Å²) in [4.78, 5) is 13.9. The Labute approximate surface area is 124 Å². The number of amides is 1. The molecule has 2 rings (SSSR count). The molecule has 0 fully saturated rings. The van der Waals surface area contributed by atoms with Crippen LogP contribution < -0.4 is 0 Å². The molecule has 0 N–H and O–H groups in total. The molecule has 0 aromatic carbocycles. The predicted molar refractivity (Wildman–Crippen MR) is 80.4 cm³/mol. The van der Waals surface area contributed by atoms with Gasteiger partial charge in [-0.3, -0.25) is 9.48 Å². The van der Waals surface area contributed by atoms with Gasteiger partial charge in [-0.25, -0.2) is 0 Å². The van der Waals surface area contributed by atoms with Gasteiger partial charge in [-0.05, 0) is 32.3 Å². The van der Waals surface area contributed by atoms with Crippen LogP contribution in [0.5, 0.6) is 0 Å². The third kappa shape index (κ3) is 3.31. The van der Waals surface area contributed by atoms with E-state index in [1.54, 1.807) is 15.8 Å². The number of nitrogens with zero attached hydrogens (tertiary/aromatic N) is 3. The molecule has 1 aromatic heterocycles. The molecule has 20 heavy (non-hydrogen) atoms. The molecule has 0 saturated heterocycles. The van der Waals surface area contributed by atoms with Crippen LogP contribution in [0.25, 0.3) is 0 Å². The highest BCUT2D eigenvalue weighted by molar-refractivity contribution is 6.31. The fourth-order valence-corrected chi connectivity index (χ4v) is 2.61.